The van der Waals surface area contributed by atoms with Gasteiger partial charge in [0.15, 0.2) is 0 Å². The molecule has 0 unspecified atom stereocenters. The minimum absolute atomic E-state index is 0.00660. The van der Waals surface area contributed by atoms with Crippen molar-refractivity contribution in [2.75, 3.05) is 18.4 Å². The van der Waals surface area contributed by atoms with Crippen LogP contribution in [0.1, 0.15) is 13.3 Å². The first-order valence-corrected chi connectivity index (χ1v) is 5.75. The highest BCUT2D eigenvalue weighted by Crippen LogP contribution is 2.15. The highest BCUT2D eigenvalue weighted by Gasteiger charge is 2.12. The molecule has 0 saturated heterocycles. The third kappa shape index (κ3) is 4.27. The van der Waals surface area contributed by atoms with E-state index < -0.39 is 11.0 Å². The molecule has 2 amide bonds. The van der Waals surface area contributed by atoms with E-state index in [9.17, 15) is 14.9 Å². The van der Waals surface area contributed by atoms with Crippen LogP contribution in [0.3, 0.4) is 0 Å². The first-order chi connectivity index (χ1) is 9.08. The number of amides is 2. The third-order valence-electron chi connectivity index (χ3n) is 2.37. The predicted octanol–water partition coefficient (Wildman–Crippen LogP) is 2.36. The maximum absolute atomic E-state index is 11.8. The Kier molecular flexibility index (Phi) is 5.29. The molecule has 1 N–H and O–H groups in total. The third-order valence-corrected chi connectivity index (χ3v) is 2.37. The van der Waals surface area contributed by atoms with Crippen molar-refractivity contribution in [1.29, 1.82) is 5.26 Å². The summed E-state index contributed by atoms with van der Waals surface area (Å²) in [7, 11) is 0. The Morgan fingerprint density at radius 3 is 2.58 bits per heavy atom. The van der Waals surface area contributed by atoms with Gasteiger partial charge in [-0.25, -0.2) is 4.79 Å². The van der Waals surface area contributed by atoms with Crippen molar-refractivity contribution < 1.29 is 9.72 Å². The standard InChI is InChI=1S/C12H14N4O3/c1-2-8-15(9-7-13)12(17)14-10-3-5-11(6-4-10)16(18)19/h3-6H,2,8-9H2,1H3,(H,14,17). The highest BCUT2D eigenvalue weighted by atomic mass is 16.6. The average molecular weight is 262 g/mol. The Balaban J connectivity index is 2.70. The van der Waals surface area contributed by atoms with E-state index in [-0.39, 0.29) is 12.2 Å². The van der Waals surface area contributed by atoms with E-state index in [0.29, 0.717) is 12.2 Å². The van der Waals surface area contributed by atoms with Crippen LogP contribution >= 0.6 is 0 Å². The van der Waals surface area contributed by atoms with Gasteiger partial charge in [0.1, 0.15) is 6.54 Å². The van der Waals surface area contributed by atoms with Gasteiger partial charge in [-0.1, -0.05) is 6.92 Å². The summed E-state index contributed by atoms with van der Waals surface area (Å²) in [4.78, 5) is 23.2. The van der Waals surface area contributed by atoms with Gasteiger partial charge in [0.05, 0.1) is 11.0 Å². The molecule has 0 bridgehead atoms. The molecule has 0 aliphatic carbocycles. The summed E-state index contributed by atoms with van der Waals surface area (Å²) < 4.78 is 0. The molecule has 0 saturated carbocycles. The van der Waals surface area contributed by atoms with Gasteiger partial charge in [-0.2, -0.15) is 5.26 Å². The van der Waals surface area contributed by atoms with Gasteiger partial charge >= 0.3 is 6.03 Å². The summed E-state index contributed by atoms with van der Waals surface area (Å²) in [6, 6.07) is 7.05. The van der Waals surface area contributed by atoms with Gasteiger partial charge in [0.25, 0.3) is 5.69 Å². The predicted molar refractivity (Wildman–Crippen MR) is 69.6 cm³/mol. The van der Waals surface area contributed by atoms with Crippen LogP contribution in [0.15, 0.2) is 24.3 Å². The monoisotopic (exact) mass is 262 g/mol. The van der Waals surface area contributed by atoms with Crippen LogP contribution in [-0.2, 0) is 0 Å². The van der Waals surface area contributed by atoms with Crippen molar-refractivity contribution in [2.45, 2.75) is 13.3 Å². The molecule has 1 aromatic rings. The minimum atomic E-state index is -0.509. The maximum Gasteiger partial charge on any atom is 0.322 e. The summed E-state index contributed by atoms with van der Waals surface area (Å²) in [5.74, 6) is 0. The molecule has 0 spiro atoms. The lowest BCUT2D eigenvalue weighted by atomic mass is 10.3. The van der Waals surface area contributed by atoms with E-state index in [1.54, 1.807) is 0 Å². The number of benzene rings is 1. The number of hydrogen-bond donors (Lipinski definition) is 1. The number of non-ortho nitro benzene ring substituents is 1. The normalized spacial score (nSPS) is 9.47. The molecule has 19 heavy (non-hydrogen) atoms. The number of anilines is 1. The fourth-order valence-electron chi connectivity index (χ4n) is 1.48. The second-order valence-corrected chi connectivity index (χ2v) is 3.81. The Hall–Kier alpha value is -2.62. The van der Waals surface area contributed by atoms with Crippen molar-refractivity contribution in [2.24, 2.45) is 0 Å². The van der Waals surface area contributed by atoms with E-state index in [0.717, 1.165) is 6.42 Å². The summed E-state index contributed by atoms with van der Waals surface area (Å²) in [6.45, 7) is 2.39. The van der Waals surface area contributed by atoms with Gasteiger partial charge < -0.3 is 10.2 Å². The first kappa shape index (κ1) is 14.4. The Morgan fingerprint density at radius 2 is 2.11 bits per heavy atom. The van der Waals surface area contributed by atoms with Gasteiger partial charge in [-0.15, -0.1) is 0 Å². The minimum Gasteiger partial charge on any atom is -0.311 e. The van der Waals surface area contributed by atoms with Gasteiger partial charge in [-0.3, -0.25) is 10.1 Å². The summed E-state index contributed by atoms with van der Waals surface area (Å²) in [5.41, 5.74) is 0.412. The van der Waals surface area contributed by atoms with Crippen molar-refractivity contribution >= 4 is 17.4 Å². The molecule has 7 heteroatoms. The van der Waals surface area contributed by atoms with Crippen LogP contribution in [0, 0.1) is 21.4 Å². The second kappa shape index (κ2) is 6.96. The Bertz CT molecular complexity index is 493. The van der Waals surface area contributed by atoms with Crippen LogP contribution in [0.4, 0.5) is 16.2 Å². The number of nitro groups is 1. The van der Waals surface area contributed by atoms with Crippen LogP contribution in [0.25, 0.3) is 0 Å². The van der Waals surface area contributed by atoms with E-state index >= 15 is 0 Å². The molecule has 0 fully saturated rings. The zero-order chi connectivity index (χ0) is 14.3. The summed E-state index contributed by atoms with van der Waals surface area (Å²) in [5, 5.41) is 21.7. The number of rotatable bonds is 5. The lowest BCUT2D eigenvalue weighted by molar-refractivity contribution is -0.384. The molecule has 0 aromatic heterocycles. The number of carbonyl (C=O) groups excluding carboxylic acids is 1. The molecule has 0 aliphatic heterocycles. The largest absolute Gasteiger partial charge is 0.322 e. The Labute approximate surface area is 110 Å². The molecule has 1 aromatic carbocycles. The molecule has 0 radical (unpaired) electrons. The second-order valence-electron chi connectivity index (χ2n) is 3.81. The number of hydrogen-bond acceptors (Lipinski definition) is 4. The quantitative estimate of drug-likeness (QED) is 0.500. The fourth-order valence-corrected chi connectivity index (χ4v) is 1.48. The number of nitrogens with zero attached hydrogens (tertiary/aromatic N) is 3. The molecule has 7 nitrogen and oxygen atoms in total. The van der Waals surface area contributed by atoms with E-state index in [1.807, 2.05) is 13.0 Å². The van der Waals surface area contributed by atoms with E-state index in [2.05, 4.69) is 5.32 Å². The first-order valence-electron chi connectivity index (χ1n) is 5.75. The number of urea groups is 1. The summed E-state index contributed by atoms with van der Waals surface area (Å²) in [6.07, 6.45) is 0.745. The molecular formula is C12H14N4O3. The number of nitrogens with one attached hydrogen (secondary N) is 1. The van der Waals surface area contributed by atoms with Crippen LogP contribution < -0.4 is 5.32 Å². The van der Waals surface area contributed by atoms with Gasteiger partial charge in [0.2, 0.25) is 0 Å². The molecule has 0 heterocycles. The van der Waals surface area contributed by atoms with Gasteiger partial charge in [0, 0.05) is 24.4 Å². The molecule has 1 rings (SSSR count). The zero-order valence-electron chi connectivity index (χ0n) is 10.5. The van der Waals surface area contributed by atoms with Crippen LogP contribution in [0.5, 0.6) is 0 Å². The van der Waals surface area contributed by atoms with Gasteiger partial charge in [-0.05, 0) is 18.6 Å². The Morgan fingerprint density at radius 1 is 1.47 bits per heavy atom. The number of carbonyl (C=O) groups is 1. The molecular weight excluding hydrogens is 248 g/mol. The van der Waals surface area contributed by atoms with E-state index in [1.165, 1.54) is 29.2 Å². The zero-order valence-corrected chi connectivity index (χ0v) is 10.5. The smallest absolute Gasteiger partial charge is 0.311 e. The lowest BCUT2D eigenvalue weighted by Gasteiger charge is -2.19. The fraction of sp³-hybridized carbons (Fsp3) is 0.333. The van der Waals surface area contributed by atoms with E-state index in [4.69, 9.17) is 5.26 Å². The molecule has 0 atom stereocenters. The SMILES string of the molecule is CCCN(CC#N)C(=O)Nc1ccc([N+](=O)[O-])cc1. The van der Waals surface area contributed by atoms with Crippen molar-refractivity contribution in [3.8, 4) is 6.07 Å². The topological polar surface area (TPSA) is 99.3 Å². The van der Waals surface area contributed by atoms with Crippen LogP contribution in [-0.4, -0.2) is 28.9 Å². The number of nitro benzene ring substituents is 1. The van der Waals surface area contributed by atoms with Crippen molar-refractivity contribution in [3.05, 3.63) is 34.4 Å². The lowest BCUT2D eigenvalue weighted by Crippen LogP contribution is -2.35. The molecule has 100 valence electrons. The van der Waals surface area contributed by atoms with Crippen LogP contribution in [0.2, 0.25) is 0 Å². The number of nitriles is 1. The van der Waals surface area contributed by atoms with Crippen molar-refractivity contribution in [1.82, 2.24) is 4.90 Å². The van der Waals surface area contributed by atoms with Crippen molar-refractivity contribution in [3.63, 3.8) is 0 Å². The maximum atomic E-state index is 11.8. The summed E-state index contributed by atoms with van der Waals surface area (Å²) >= 11 is 0. The highest BCUT2D eigenvalue weighted by molar-refractivity contribution is 5.89. The average Bonchev–Trinajstić information content (AvgIpc) is 2.39. The molecule has 0 aliphatic rings.